The monoisotopic (exact) mass is 284 g/mol. The van der Waals surface area contributed by atoms with E-state index in [-0.39, 0.29) is 18.1 Å². The summed E-state index contributed by atoms with van der Waals surface area (Å²) in [6.07, 6.45) is 5.38. The van der Waals surface area contributed by atoms with Crippen LogP contribution in [-0.2, 0) is 9.53 Å². The molecular weight excluding hydrogens is 252 g/mol. The maximum atomic E-state index is 12.5. The minimum Gasteiger partial charge on any atom is -0.381 e. The van der Waals surface area contributed by atoms with Crippen molar-refractivity contribution in [2.45, 2.75) is 72.0 Å². The van der Waals surface area contributed by atoms with Crippen LogP contribution in [0.15, 0.2) is 0 Å². The van der Waals surface area contributed by atoms with E-state index in [9.17, 15) is 4.79 Å². The minimum absolute atomic E-state index is 0.00751. The smallest absolute Gasteiger partial charge is 0.241 e. The number of amides is 1. The predicted octanol–water partition coefficient (Wildman–Crippen LogP) is 2.78. The van der Waals surface area contributed by atoms with Gasteiger partial charge in [0.2, 0.25) is 5.91 Å². The van der Waals surface area contributed by atoms with Gasteiger partial charge in [0.25, 0.3) is 0 Å². The lowest BCUT2D eigenvalue weighted by atomic mass is 9.99. The molecule has 0 aromatic rings. The van der Waals surface area contributed by atoms with Crippen LogP contribution >= 0.6 is 0 Å². The molecule has 1 rings (SSSR count). The van der Waals surface area contributed by atoms with Crippen molar-refractivity contribution in [3.8, 4) is 0 Å². The van der Waals surface area contributed by atoms with Crippen molar-refractivity contribution >= 4 is 5.91 Å². The van der Waals surface area contributed by atoms with Crippen molar-refractivity contribution in [3.05, 3.63) is 0 Å². The molecule has 0 aromatic heterocycles. The van der Waals surface area contributed by atoms with Crippen LogP contribution in [0.5, 0.6) is 0 Å². The van der Waals surface area contributed by atoms with Crippen LogP contribution < -0.4 is 5.32 Å². The summed E-state index contributed by atoms with van der Waals surface area (Å²) in [6, 6.07) is 0.00751. The molecule has 20 heavy (non-hydrogen) atoms. The minimum atomic E-state index is 0.00751. The van der Waals surface area contributed by atoms with Gasteiger partial charge in [0.1, 0.15) is 0 Å². The third kappa shape index (κ3) is 4.74. The number of ether oxygens (including phenoxy) is 1. The Morgan fingerprint density at radius 3 is 2.60 bits per heavy atom. The normalized spacial score (nSPS) is 24.4. The van der Waals surface area contributed by atoms with Crippen LogP contribution in [0.3, 0.4) is 0 Å². The van der Waals surface area contributed by atoms with Gasteiger partial charge in [0, 0.05) is 19.8 Å². The van der Waals surface area contributed by atoms with Crippen LogP contribution in [0, 0.1) is 5.92 Å². The fourth-order valence-electron chi connectivity index (χ4n) is 2.71. The fourth-order valence-corrected chi connectivity index (χ4v) is 2.71. The van der Waals surface area contributed by atoms with E-state index in [1.807, 2.05) is 4.90 Å². The lowest BCUT2D eigenvalue weighted by molar-refractivity contribution is -0.131. The molecule has 1 amide bonds. The van der Waals surface area contributed by atoms with Crippen molar-refractivity contribution in [2.75, 3.05) is 19.8 Å². The number of carbonyl (C=O) groups excluding carboxylic acids is 1. The van der Waals surface area contributed by atoms with Crippen LogP contribution in [-0.4, -0.2) is 42.8 Å². The second-order valence-electron chi connectivity index (χ2n) is 5.83. The average Bonchev–Trinajstić information content (AvgIpc) is 2.75. The van der Waals surface area contributed by atoms with Crippen molar-refractivity contribution in [3.63, 3.8) is 0 Å². The van der Waals surface area contributed by atoms with Gasteiger partial charge in [0.15, 0.2) is 0 Å². The summed E-state index contributed by atoms with van der Waals surface area (Å²) in [7, 11) is 0. The first-order valence-electron chi connectivity index (χ1n) is 8.29. The standard InChI is InChI=1S/C16H32N2O2/c1-5-9-14-17-15(13(4)7-3)16(19)18(14)10-8-12-20-11-6-2/h13-15,17H,5-12H2,1-4H3. The van der Waals surface area contributed by atoms with Crippen molar-refractivity contribution in [1.29, 1.82) is 0 Å². The SMILES string of the molecule is CCCOCCCN1C(=O)C(C(C)CC)NC1CCC. The highest BCUT2D eigenvalue weighted by molar-refractivity contribution is 5.84. The number of carbonyl (C=O) groups is 1. The van der Waals surface area contributed by atoms with Gasteiger partial charge in [-0.1, -0.05) is 40.5 Å². The lowest BCUT2D eigenvalue weighted by Crippen LogP contribution is -2.38. The average molecular weight is 284 g/mol. The van der Waals surface area contributed by atoms with Gasteiger partial charge in [-0.05, 0) is 25.2 Å². The Balaban J connectivity index is 2.49. The first kappa shape index (κ1) is 17.4. The predicted molar refractivity (Wildman–Crippen MR) is 82.5 cm³/mol. The van der Waals surface area contributed by atoms with Gasteiger partial charge in [-0.15, -0.1) is 0 Å². The van der Waals surface area contributed by atoms with Crippen molar-refractivity contribution in [1.82, 2.24) is 10.2 Å². The first-order chi connectivity index (χ1) is 9.65. The first-order valence-corrected chi connectivity index (χ1v) is 8.29. The zero-order valence-electron chi connectivity index (χ0n) is 13.7. The molecule has 1 N–H and O–H groups in total. The molecule has 0 aliphatic carbocycles. The summed E-state index contributed by atoms with van der Waals surface area (Å²) < 4.78 is 5.51. The van der Waals surface area contributed by atoms with E-state index < -0.39 is 0 Å². The molecule has 0 spiro atoms. The number of nitrogens with zero attached hydrogens (tertiary/aromatic N) is 1. The van der Waals surface area contributed by atoms with Crippen molar-refractivity contribution in [2.24, 2.45) is 5.92 Å². The number of hydrogen-bond acceptors (Lipinski definition) is 3. The molecule has 4 heteroatoms. The van der Waals surface area contributed by atoms with E-state index in [0.717, 1.165) is 51.9 Å². The highest BCUT2D eigenvalue weighted by Gasteiger charge is 2.39. The third-order valence-electron chi connectivity index (χ3n) is 4.11. The summed E-state index contributed by atoms with van der Waals surface area (Å²) in [6.45, 7) is 11.0. The summed E-state index contributed by atoms with van der Waals surface area (Å²) in [5.74, 6) is 0.691. The summed E-state index contributed by atoms with van der Waals surface area (Å²) in [5, 5.41) is 3.53. The fraction of sp³-hybridized carbons (Fsp3) is 0.938. The second-order valence-corrected chi connectivity index (χ2v) is 5.83. The van der Waals surface area contributed by atoms with E-state index in [0.29, 0.717) is 5.92 Å². The van der Waals surface area contributed by atoms with Crippen LogP contribution in [0.2, 0.25) is 0 Å². The summed E-state index contributed by atoms with van der Waals surface area (Å²) in [5.41, 5.74) is 0. The molecule has 1 aliphatic rings. The molecule has 1 aliphatic heterocycles. The zero-order valence-corrected chi connectivity index (χ0v) is 13.7. The molecule has 0 radical (unpaired) electrons. The summed E-state index contributed by atoms with van der Waals surface area (Å²) in [4.78, 5) is 14.6. The molecule has 1 fully saturated rings. The van der Waals surface area contributed by atoms with Gasteiger partial charge < -0.3 is 9.64 Å². The zero-order chi connectivity index (χ0) is 15.0. The largest absolute Gasteiger partial charge is 0.381 e. The Hall–Kier alpha value is -0.610. The van der Waals surface area contributed by atoms with Crippen LogP contribution in [0.25, 0.3) is 0 Å². The molecule has 1 heterocycles. The molecular formula is C16H32N2O2. The van der Waals surface area contributed by atoms with Gasteiger partial charge in [-0.25, -0.2) is 0 Å². The maximum Gasteiger partial charge on any atom is 0.241 e. The highest BCUT2D eigenvalue weighted by Crippen LogP contribution is 2.21. The quantitative estimate of drug-likeness (QED) is 0.627. The third-order valence-corrected chi connectivity index (χ3v) is 4.11. The van der Waals surface area contributed by atoms with Crippen molar-refractivity contribution < 1.29 is 9.53 Å². The molecule has 0 aromatic carbocycles. The molecule has 0 saturated carbocycles. The van der Waals surface area contributed by atoms with Crippen LogP contribution in [0.1, 0.15) is 59.8 Å². The molecule has 3 unspecified atom stereocenters. The Bertz CT molecular complexity index is 284. The Labute approximate surface area is 124 Å². The molecule has 4 nitrogen and oxygen atoms in total. The van der Waals surface area contributed by atoms with Gasteiger partial charge in [-0.2, -0.15) is 0 Å². The number of rotatable bonds is 10. The van der Waals surface area contributed by atoms with E-state index in [1.165, 1.54) is 0 Å². The van der Waals surface area contributed by atoms with E-state index in [4.69, 9.17) is 4.74 Å². The lowest BCUT2D eigenvalue weighted by Gasteiger charge is -2.23. The van der Waals surface area contributed by atoms with Gasteiger partial charge >= 0.3 is 0 Å². The Kier molecular flexibility index (Phi) is 8.15. The topological polar surface area (TPSA) is 41.6 Å². The van der Waals surface area contributed by atoms with Gasteiger partial charge in [0.05, 0.1) is 12.2 Å². The molecule has 3 atom stereocenters. The maximum absolute atomic E-state index is 12.5. The van der Waals surface area contributed by atoms with E-state index in [1.54, 1.807) is 0 Å². The van der Waals surface area contributed by atoms with E-state index in [2.05, 4.69) is 33.0 Å². The van der Waals surface area contributed by atoms with Crippen LogP contribution in [0.4, 0.5) is 0 Å². The number of hydrogen-bond donors (Lipinski definition) is 1. The molecule has 1 saturated heterocycles. The highest BCUT2D eigenvalue weighted by atomic mass is 16.5. The van der Waals surface area contributed by atoms with E-state index >= 15 is 0 Å². The number of nitrogens with one attached hydrogen (secondary N) is 1. The van der Waals surface area contributed by atoms with Gasteiger partial charge in [-0.3, -0.25) is 10.1 Å². The Morgan fingerprint density at radius 1 is 1.25 bits per heavy atom. The molecule has 118 valence electrons. The summed E-state index contributed by atoms with van der Waals surface area (Å²) >= 11 is 0. The Morgan fingerprint density at radius 2 is 2.00 bits per heavy atom. The second kappa shape index (κ2) is 9.35. The molecule has 0 bridgehead atoms.